The Hall–Kier alpha value is -3.91. The molecule has 0 spiro atoms. The van der Waals surface area contributed by atoms with Crippen molar-refractivity contribution in [1.82, 2.24) is 29.1 Å². The third-order valence-electron chi connectivity index (χ3n) is 8.55. The van der Waals surface area contributed by atoms with E-state index in [4.69, 9.17) is 17.3 Å². The average Bonchev–Trinajstić information content (AvgIpc) is 3.38. The minimum atomic E-state index is -4.67. The van der Waals surface area contributed by atoms with Gasteiger partial charge in [0.15, 0.2) is 11.5 Å². The Kier molecular flexibility index (Phi) is 7.91. The molecular weight excluding hydrogens is 601 g/mol. The van der Waals surface area contributed by atoms with Gasteiger partial charge in [-0.15, -0.1) is 0 Å². The van der Waals surface area contributed by atoms with Crippen LogP contribution in [0.1, 0.15) is 64.8 Å². The van der Waals surface area contributed by atoms with Gasteiger partial charge in [-0.2, -0.15) is 18.3 Å². The van der Waals surface area contributed by atoms with Gasteiger partial charge in [-0.3, -0.25) is 19.1 Å². The number of anilines is 1. The van der Waals surface area contributed by atoms with Crippen molar-refractivity contribution in [3.05, 3.63) is 52.7 Å². The first kappa shape index (κ1) is 30.1. The predicted octanol–water partition coefficient (Wildman–Crippen LogP) is 3.95. The molecule has 44 heavy (non-hydrogen) atoms. The molecule has 15 heteroatoms. The number of alkyl halides is 3. The third-order valence-corrected chi connectivity index (χ3v) is 8.86. The van der Waals surface area contributed by atoms with Crippen LogP contribution in [0.3, 0.4) is 0 Å². The Bertz CT molecular complexity index is 1610. The van der Waals surface area contributed by atoms with Gasteiger partial charge in [0.05, 0.1) is 34.1 Å². The molecule has 6 rings (SSSR count). The molecule has 1 saturated heterocycles. The second kappa shape index (κ2) is 11.5. The van der Waals surface area contributed by atoms with Crippen LogP contribution in [-0.4, -0.2) is 79.1 Å². The van der Waals surface area contributed by atoms with Crippen molar-refractivity contribution in [2.45, 2.75) is 50.4 Å². The van der Waals surface area contributed by atoms with Crippen LogP contribution in [0, 0.1) is 5.92 Å². The van der Waals surface area contributed by atoms with Gasteiger partial charge < -0.3 is 25.4 Å². The number of hydrogen-bond acceptors (Lipinski definition) is 6. The zero-order valence-corrected chi connectivity index (χ0v) is 24.7. The molecule has 2 aliphatic carbocycles. The Labute approximate surface area is 256 Å². The summed E-state index contributed by atoms with van der Waals surface area (Å²) in [4.78, 5) is 46.6. The van der Waals surface area contributed by atoms with Gasteiger partial charge >= 0.3 is 6.18 Å². The van der Waals surface area contributed by atoms with E-state index in [0.29, 0.717) is 32.6 Å². The molecule has 2 saturated carbocycles. The average molecular weight is 633 g/mol. The SMILES string of the molecule is Cn1c(-c2cn(C3CC3)nc2C(F)(F)F)cnc1C(=O)Nc1ccc(C(=O)N2CCN(C(=O)[C@@H]3CC[C@@H](N)C3)CC2)c(Cl)c1. The number of aromatic nitrogens is 4. The normalized spacial score (nSPS) is 20.7. The van der Waals surface area contributed by atoms with Gasteiger partial charge in [-0.25, -0.2) is 4.98 Å². The Balaban J connectivity index is 1.10. The van der Waals surface area contributed by atoms with E-state index in [9.17, 15) is 27.6 Å². The van der Waals surface area contributed by atoms with Crippen LogP contribution in [0.4, 0.5) is 18.9 Å². The molecule has 3 N–H and O–H groups in total. The lowest BCUT2D eigenvalue weighted by Crippen LogP contribution is -2.51. The summed E-state index contributed by atoms with van der Waals surface area (Å²) in [6.07, 6.45) is 1.75. The zero-order chi connectivity index (χ0) is 31.3. The highest BCUT2D eigenvalue weighted by Crippen LogP contribution is 2.41. The summed E-state index contributed by atoms with van der Waals surface area (Å²) < 4.78 is 43.8. The highest BCUT2D eigenvalue weighted by atomic mass is 35.5. The number of piperazine rings is 1. The van der Waals surface area contributed by atoms with E-state index in [1.807, 2.05) is 0 Å². The minimum absolute atomic E-state index is 0.0505. The molecule has 3 heterocycles. The third kappa shape index (κ3) is 5.92. The fraction of sp³-hybridized carbons (Fsp3) is 0.483. The Morgan fingerprint density at radius 2 is 1.75 bits per heavy atom. The summed E-state index contributed by atoms with van der Waals surface area (Å²) in [7, 11) is 1.45. The highest BCUT2D eigenvalue weighted by Gasteiger charge is 2.40. The van der Waals surface area contributed by atoms with Crippen molar-refractivity contribution < 1.29 is 27.6 Å². The molecule has 1 aromatic carbocycles. The lowest BCUT2D eigenvalue weighted by Gasteiger charge is -2.36. The summed E-state index contributed by atoms with van der Waals surface area (Å²) in [6.45, 7) is 1.60. The maximum absolute atomic E-state index is 13.7. The van der Waals surface area contributed by atoms with Crippen molar-refractivity contribution in [3.63, 3.8) is 0 Å². The zero-order valence-electron chi connectivity index (χ0n) is 24.0. The molecule has 0 unspecified atom stereocenters. The Morgan fingerprint density at radius 3 is 2.36 bits per heavy atom. The quantitative estimate of drug-likeness (QED) is 0.423. The number of nitrogens with two attached hydrogens (primary N) is 1. The lowest BCUT2D eigenvalue weighted by molar-refractivity contribution is -0.141. The number of amides is 3. The van der Waals surface area contributed by atoms with Gasteiger partial charge in [-0.05, 0) is 50.3 Å². The first-order valence-corrected chi connectivity index (χ1v) is 14.9. The molecule has 0 bridgehead atoms. The van der Waals surface area contributed by atoms with Gasteiger partial charge in [0.25, 0.3) is 11.8 Å². The molecule has 234 valence electrons. The van der Waals surface area contributed by atoms with E-state index in [-0.39, 0.29) is 63.2 Å². The van der Waals surface area contributed by atoms with Crippen LogP contribution in [0.5, 0.6) is 0 Å². The van der Waals surface area contributed by atoms with Crippen LogP contribution >= 0.6 is 11.6 Å². The minimum Gasteiger partial charge on any atom is -0.339 e. The summed E-state index contributed by atoms with van der Waals surface area (Å²) >= 11 is 6.45. The summed E-state index contributed by atoms with van der Waals surface area (Å²) in [5, 5.41) is 6.53. The first-order valence-electron chi connectivity index (χ1n) is 14.5. The predicted molar refractivity (Wildman–Crippen MR) is 155 cm³/mol. The van der Waals surface area contributed by atoms with Crippen molar-refractivity contribution in [2.24, 2.45) is 18.7 Å². The number of hydrogen-bond donors (Lipinski definition) is 2. The summed E-state index contributed by atoms with van der Waals surface area (Å²) in [5.41, 5.74) is 5.40. The summed E-state index contributed by atoms with van der Waals surface area (Å²) in [5.74, 6) is -1.02. The number of carbonyl (C=O) groups is 3. The van der Waals surface area contributed by atoms with E-state index < -0.39 is 17.8 Å². The number of imidazole rings is 1. The highest BCUT2D eigenvalue weighted by molar-refractivity contribution is 6.34. The molecule has 2 atom stereocenters. The van der Waals surface area contributed by atoms with Crippen LogP contribution in [0.15, 0.2) is 30.6 Å². The second-order valence-corrected chi connectivity index (χ2v) is 12.1. The second-order valence-electron chi connectivity index (χ2n) is 11.7. The number of benzene rings is 1. The van der Waals surface area contributed by atoms with Gasteiger partial charge in [0.1, 0.15) is 0 Å². The van der Waals surface area contributed by atoms with Gasteiger partial charge in [0, 0.05) is 57.1 Å². The molecule has 3 amide bonds. The largest absolute Gasteiger partial charge is 0.435 e. The number of nitrogens with one attached hydrogen (secondary N) is 1. The van der Waals surface area contributed by atoms with Crippen molar-refractivity contribution in [3.8, 4) is 11.3 Å². The maximum atomic E-state index is 13.7. The number of carbonyl (C=O) groups excluding carboxylic acids is 3. The fourth-order valence-electron chi connectivity index (χ4n) is 5.94. The van der Waals surface area contributed by atoms with E-state index >= 15 is 0 Å². The Morgan fingerprint density at radius 1 is 1.05 bits per heavy atom. The number of nitrogens with zero attached hydrogens (tertiary/aromatic N) is 6. The molecule has 3 fully saturated rings. The molecular formula is C29H32ClF3N8O3. The van der Waals surface area contributed by atoms with Crippen LogP contribution < -0.4 is 11.1 Å². The van der Waals surface area contributed by atoms with Crippen LogP contribution in [0.2, 0.25) is 5.02 Å². The molecule has 11 nitrogen and oxygen atoms in total. The monoisotopic (exact) mass is 632 g/mol. The van der Waals surface area contributed by atoms with E-state index in [2.05, 4.69) is 15.4 Å². The van der Waals surface area contributed by atoms with Gasteiger partial charge in [-0.1, -0.05) is 11.6 Å². The van der Waals surface area contributed by atoms with E-state index in [0.717, 1.165) is 25.7 Å². The van der Waals surface area contributed by atoms with Gasteiger partial charge in [0.2, 0.25) is 5.91 Å². The molecule has 2 aromatic heterocycles. The molecule has 1 aliphatic heterocycles. The number of rotatable bonds is 6. The molecule has 3 aliphatic rings. The lowest BCUT2D eigenvalue weighted by atomic mass is 10.1. The topological polar surface area (TPSA) is 131 Å². The van der Waals surface area contributed by atoms with Crippen molar-refractivity contribution in [1.29, 1.82) is 0 Å². The smallest absolute Gasteiger partial charge is 0.339 e. The van der Waals surface area contributed by atoms with E-state index in [1.165, 1.54) is 46.9 Å². The van der Waals surface area contributed by atoms with Crippen molar-refractivity contribution in [2.75, 3.05) is 31.5 Å². The first-order chi connectivity index (χ1) is 20.9. The molecule has 0 radical (unpaired) electrons. The number of halogens is 4. The van der Waals surface area contributed by atoms with Crippen LogP contribution in [0.25, 0.3) is 11.3 Å². The van der Waals surface area contributed by atoms with Crippen molar-refractivity contribution >= 4 is 35.0 Å². The fourth-order valence-corrected chi connectivity index (χ4v) is 6.20. The molecule has 3 aromatic rings. The van der Waals surface area contributed by atoms with Crippen LogP contribution in [-0.2, 0) is 18.0 Å². The van der Waals surface area contributed by atoms with E-state index in [1.54, 1.807) is 9.80 Å². The summed E-state index contributed by atoms with van der Waals surface area (Å²) in [6, 6.07) is 4.46. The standard InChI is InChI=1S/C29H32ClF3N8O3/c1-38-23(21-15-41(19-5-6-19)37-24(21)29(31,32)33)14-35-25(38)26(42)36-18-4-7-20(22(30)13-18)28(44)40-10-8-39(9-11-40)27(43)16-2-3-17(34)12-16/h4,7,13-17,19H,2-3,5-6,8-12,34H2,1H3,(H,36,42)/t16-,17-/m1/s1. The maximum Gasteiger partial charge on any atom is 0.435 e.